The molecule has 2 aromatic rings. The molecule has 0 aliphatic heterocycles. The van der Waals surface area contributed by atoms with Gasteiger partial charge in [0.05, 0.1) is 10.6 Å². The van der Waals surface area contributed by atoms with Crippen LogP contribution in [-0.4, -0.2) is 15.0 Å². The summed E-state index contributed by atoms with van der Waals surface area (Å²) in [6.07, 6.45) is 0. The lowest BCUT2D eigenvalue weighted by atomic mass is 9.87. The summed E-state index contributed by atoms with van der Waals surface area (Å²) in [5.41, 5.74) is 1.15. The smallest absolute Gasteiger partial charge is 0.387 e. The van der Waals surface area contributed by atoms with E-state index in [0.717, 1.165) is 5.56 Å². The van der Waals surface area contributed by atoms with Crippen molar-refractivity contribution in [1.29, 1.82) is 0 Å². The molecular formula is C18H21F2NO3S. The van der Waals surface area contributed by atoms with Crippen molar-refractivity contribution in [1.82, 2.24) is 0 Å². The van der Waals surface area contributed by atoms with E-state index in [2.05, 4.69) is 9.46 Å². The van der Waals surface area contributed by atoms with Crippen LogP contribution in [0.5, 0.6) is 5.75 Å². The van der Waals surface area contributed by atoms with Crippen LogP contribution in [0.2, 0.25) is 0 Å². The minimum atomic E-state index is -3.96. The van der Waals surface area contributed by atoms with Gasteiger partial charge in [-0.15, -0.1) is 0 Å². The topological polar surface area (TPSA) is 55.4 Å². The fourth-order valence-electron chi connectivity index (χ4n) is 2.31. The number of alkyl halides is 2. The predicted octanol–water partition coefficient (Wildman–Crippen LogP) is 4.69. The first kappa shape index (κ1) is 19.2. The third-order valence-electron chi connectivity index (χ3n) is 3.69. The van der Waals surface area contributed by atoms with Crippen LogP contribution >= 0.6 is 0 Å². The highest BCUT2D eigenvalue weighted by atomic mass is 32.2. The number of hydrogen-bond donors (Lipinski definition) is 1. The van der Waals surface area contributed by atoms with Crippen LogP contribution in [0.1, 0.15) is 31.9 Å². The maximum absolute atomic E-state index is 12.8. The minimum absolute atomic E-state index is 0.0386. The van der Waals surface area contributed by atoms with Gasteiger partial charge in [-0.25, -0.2) is 8.42 Å². The van der Waals surface area contributed by atoms with E-state index in [4.69, 9.17) is 0 Å². The molecule has 136 valence electrons. The molecule has 0 bridgehead atoms. The van der Waals surface area contributed by atoms with Gasteiger partial charge >= 0.3 is 6.61 Å². The highest BCUT2D eigenvalue weighted by Crippen LogP contribution is 2.31. The van der Waals surface area contributed by atoms with Gasteiger partial charge in [0, 0.05) is 0 Å². The first-order valence-electron chi connectivity index (χ1n) is 7.68. The van der Waals surface area contributed by atoms with Crippen molar-refractivity contribution in [2.24, 2.45) is 0 Å². The number of benzene rings is 2. The summed E-state index contributed by atoms with van der Waals surface area (Å²) in [7, 11) is -3.96. The zero-order valence-corrected chi connectivity index (χ0v) is 15.3. The first-order valence-corrected chi connectivity index (χ1v) is 9.17. The van der Waals surface area contributed by atoms with Crippen molar-refractivity contribution in [2.75, 3.05) is 4.72 Å². The van der Waals surface area contributed by atoms with Crippen LogP contribution in [0.25, 0.3) is 0 Å². The van der Waals surface area contributed by atoms with Crippen molar-refractivity contribution in [3.05, 3.63) is 53.6 Å². The van der Waals surface area contributed by atoms with Gasteiger partial charge in [0.1, 0.15) is 5.75 Å². The molecule has 4 nitrogen and oxygen atoms in total. The summed E-state index contributed by atoms with van der Waals surface area (Å²) < 4.78 is 57.3. The monoisotopic (exact) mass is 369 g/mol. The molecule has 0 atom stereocenters. The Hall–Kier alpha value is -2.15. The van der Waals surface area contributed by atoms with E-state index in [-0.39, 0.29) is 21.7 Å². The highest BCUT2D eigenvalue weighted by Gasteiger charge is 2.23. The summed E-state index contributed by atoms with van der Waals surface area (Å²) in [6.45, 7) is 4.58. The normalized spacial score (nSPS) is 12.3. The number of halogens is 2. The van der Waals surface area contributed by atoms with Crippen LogP contribution in [0.4, 0.5) is 14.5 Å². The molecule has 1 N–H and O–H groups in total. The highest BCUT2D eigenvalue weighted by molar-refractivity contribution is 7.92. The molecule has 0 spiro atoms. The number of hydrogen-bond acceptors (Lipinski definition) is 3. The second-order valence-electron chi connectivity index (χ2n) is 6.71. The second-order valence-corrected chi connectivity index (χ2v) is 8.36. The van der Waals surface area contributed by atoms with E-state index >= 15 is 0 Å². The average Bonchev–Trinajstić information content (AvgIpc) is 2.47. The lowest BCUT2D eigenvalue weighted by Crippen LogP contribution is -2.18. The van der Waals surface area contributed by atoms with Gasteiger partial charge in [0.25, 0.3) is 10.0 Å². The van der Waals surface area contributed by atoms with Gasteiger partial charge in [0.2, 0.25) is 0 Å². The Balaban J connectivity index is 2.44. The number of anilines is 1. The lowest BCUT2D eigenvalue weighted by molar-refractivity contribution is -0.0493. The molecule has 2 rings (SSSR count). The summed E-state index contributed by atoms with van der Waals surface area (Å²) >= 11 is 0. The third kappa shape index (κ3) is 4.69. The van der Waals surface area contributed by atoms with Crippen LogP contribution in [0, 0.1) is 6.92 Å². The Morgan fingerprint density at radius 3 is 2.32 bits per heavy atom. The molecule has 0 saturated heterocycles. The lowest BCUT2D eigenvalue weighted by Gasteiger charge is -2.21. The summed E-state index contributed by atoms with van der Waals surface area (Å²) in [5, 5.41) is 0. The van der Waals surface area contributed by atoms with Crippen molar-refractivity contribution in [2.45, 2.75) is 44.6 Å². The predicted molar refractivity (Wildman–Crippen MR) is 93.8 cm³/mol. The second kappa shape index (κ2) is 7.00. The van der Waals surface area contributed by atoms with E-state index in [0.29, 0.717) is 5.56 Å². The van der Waals surface area contributed by atoms with Crippen molar-refractivity contribution in [3.8, 4) is 5.75 Å². The van der Waals surface area contributed by atoms with Crippen LogP contribution < -0.4 is 9.46 Å². The zero-order chi connectivity index (χ0) is 18.8. The van der Waals surface area contributed by atoms with Crippen LogP contribution in [0.15, 0.2) is 47.4 Å². The van der Waals surface area contributed by atoms with Gasteiger partial charge in [-0.1, -0.05) is 45.0 Å². The van der Waals surface area contributed by atoms with Crippen LogP contribution in [0.3, 0.4) is 0 Å². The van der Waals surface area contributed by atoms with Crippen molar-refractivity contribution in [3.63, 3.8) is 0 Å². The minimum Gasteiger partial charge on any atom is -0.433 e. The number of ether oxygens (including phenoxy) is 1. The van der Waals surface area contributed by atoms with Crippen molar-refractivity contribution >= 4 is 15.7 Å². The standard InChI is InChI=1S/C18H21F2NO3S/c1-12-9-10-13(18(2,3)4)11-16(12)25(22,23)21-14-7-5-6-8-15(14)24-17(19)20/h5-11,17,21H,1-4H3. The molecule has 2 aromatic carbocycles. The molecule has 0 aliphatic rings. The fraction of sp³-hybridized carbons (Fsp3) is 0.333. The average molecular weight is 369 g/mol. The molecule has 0 aliphatic carbocycles. The molecule has 0 heterocycles. The number of nitrogens with one attached hydrogen (secondary N) is 1. The maximum Gasteiger partial charge on any atom is 0.387 e. The molecule has 7 heteroatoms. The first-order chi connectivity index (χ1) is 11.5. The number of aryl methyl sites for hydroxylation is 1. The molecule has 0 radical (unpaired) electrons. The number of rotatable bonds is 5. The summed E-state index contributed by atoms with van der Waals surface area (Å²) in [5.74, 6) is -0.231. The van der Waals surface area contributed by atoms with Gasteiger partial charge in [-0.05, 0) is 41.7 Å². The number of para-hydroxylation sites is 2. The zero-order valence-electron chi connectivity index (χ0n) is 14.5. The Kier molecular flexibility index (Phi) is 5.37. The maximum atomic E-state index is 12.8. The van der Waals surface area contributed by atoms with E-state index in [1.165, 1.54) is 24.3 Å². The molecule has 0 amide bonds. The van der Waals surface area contributed by atoms with E-state index < -0.39 is 16.6 Å². The third-order valence-corrected chi connectivity index (χ3v) is 5.20. The molecule has 0 unspecified atom stereocenters. The van der Waals surface area contributed by atoms with E-state index in [9.17, 15) is 17.2 Å². The SMILES string of the molecule is Cc1ccc(C(C)(C)C)cc1S(=O)(=O)Nc1ccccc1OC(F)F. The Morgan fingerprint density at radius 1 is 1.08 bits per heavy atom. The quantitative estimate of drug-likeness (QED) is 0.831. The van der Waals surface area contributed by atoms with Gasteiger partial charge < -0.3 is 4.74 Å². The number of sulfonamides is 1. The Bertz CT molecular complexity index is 859. The van der Waals surface area contributed by atoms with Gasteiger partial charge in [0.15, 0.2) is 0 Å². The van der Waals surface area contributed by atoms with Gasteiger partial charge in [-0.3, -0.25) is 4.72 Å². The summed E-state index contributed by atoms with van der Waals surface area (Å²) in [4.78, 5) is 0.103. The molecule has 25 heavy (non-hydrogen) atoms. The molecular weight excluding hydrogens is 348 g/mol. The molecule has 0 saturated carbocycles. The fourth-order valence-corrected chi connectivity index (χ4v) is 3.65. The van der Waals surface area contributed by atoms with Gasteiger partial charge in [-0.2, -0.15) is 8.78 Å². The van der Waals surface area contributed by atoms with E-state index in [1.807, 2.05) is 26.8 Å². The van der Waals surface area contributed by atoms with E-state index in [1.54, 1.807) is 19.1 Å². The molecule has 0 fully saturated rings. The Labute approximate surface area is 146 Å². The Morgan fingerprint density at radius 2 is 1.72 bits per heavy atom. The van der Waals surface area contributed by atoms with Crippen molar-refractivity contribution < 1.29 is 21.9 Å². The van der Waals surface area contributed by atoms with Crippen LogP contribution in [-0.2, 0) is 15.4 Å². The largest absolute Gasteiger partial charge is 0.433 e. The summed E-state index contributed by atoms with van der Waals surface area (Å²) in [6, 6.07) is 10.9. The molecule has 0 aromatic heterocycles.